The molecule has 0 saturated carbocycles. The van der Waals surface area contributed by atoms with E-state index in [-0.39, 0.29) is 34.8 Å². The van der Waals surface area contributed by atoms with Crippen molar-refractivity contribution >= 4 is 35.0 Å². The van der Waals surface area contributed by atoms with Gasteiger partial charge in [0.25, 0.3) is 0 Å². The number of aromatic hydroxyl groups is 2. The van der Waals surface area contributed by atoms with Gasteiger partial charge in [-0.05, 0) is 6.92 Å². The Labute approximate surface area is 160 Å². The molecule has 0 fully saturated rings. The number of cyclic esters (lactones) is 1. The number of halogens is 2. The minimum atomic E-state index is -0.825. The van der Waals surface area contributed by atoms with Crippen LogP contribution in [-0.2, 0) is 20.7 Å². The summed E-state index contributed by atoms with van der Waals surface area (Å²) < 4.78 is 11.2. The summed E-state index contributed by atoms with van der Waals surface area (Å²) in [7, 11) is 0. The summed E-state index contributed by atoms with van der Waals surface area (Å²) in [5.41, 5.74) is -0.170. The number of ether oxygens (including phenoxy) is 2. The predicted octanol–water partition coefficient (Wildman–Crippen LogP) is 3.13. The van der Waals surface area contributed by atoms with Crippen molar-refractivity contribution in [1.29, 1.82) is 0 Å². The third-order valence-electron chi connectivity index (χ3n) is 4.41. The van der Waals surface area contributed by atoms with Crippen LogP contribution in [0.1, 0.15) is 35.7 Å². The summed E-state index contributed by atoms with van der Waals surface area (Å²) in [6, 6.07) is 0.957. The van der Waals surface area contributed by atoms with Crippen LogP contribution in [0.25, 0.3) is 0 Å². The molecule has 8 heteroatoms. The standard InChI is InChI=1S/C18H18Cl2O6/c1-8-4-15-12(19)3-2-10(26-15)5-9(21)6-11-16(18(24)25-8)13(22)7-14(23)17(11)20/h2-3,7-8,10,12,15,22-23H,4-6H2,1H3. The molecule has 0 spiro atoms. The van der Waals surface area contributed by atoms with Gasteiger partial charge in [0, 0.05) is 30.9 Å². The van der Waals surface area contributed by atoms with Crippen LogP contribution < -0.4 is 0 Å². The molecule has 0 radical (unpaired) electrons. The normalized spacial score (nSPS) is 29.3. The number of phenols is 2. The van der Waals surface area contributed by atoms with E-state index in [1.54, 1.807) is 19.1 Å². The van der Waals surface area contributed by atoms with Gasteiger partial charge in [-0.1, -0.05) is 23.8 Å². The zero-order valence-electron chi connectivity index (χ0n) is 13.9. The lowest BCUT2D eigenvalue weighted by Crippen LogP contribution is -2.37. The zero-order chi connectivity index (χ0) is 19.0. The number of hydrogen-bond donors (Lipinski definition) is 2. The smallest absolute Gasteiger partial charge is 0.342 e. The molecule has 2 aliphatic rings. The van der Waals surface area contributed by atoms with Gasteiger partial charge in [-0.2, -0.15) is 0 Å². The number of esters is 1. The van der Waals surface area contributed by atoms with E-state index in [9.17, 15) is 19.8 Å². The van der Waals surface area contributed by atoms with Gasteiger partial charge >= 0.3 is 5.97 Å². The Hall–Kier alpha value is -1.76. The highest BCUT2D eigenvalue weighted by Gasteiger charge is 2.32. The van der Waals surface area contributed by atoms with Gasteiger partial charge in [-0.25, -0.2) is 4.79 Å². The van der Waals surface area contributed by atoms with Crippen molar-refractivity contribution in [3.63, 3.8) is 0 Å². The summed E-state index contributed by atoms with van der Waals surface area (Å²) >= 11 is 12.3. The Kier molecular flexibility index (Phi) is 5.46. The number of hydrogen-bond acceptors (Lipinski definition) is 6. The number of benzene rings is 1. The van der Waals surface area contributed by atoms with Crippen LogP contribution in [0.4, 0.5) is 0 Å². The molecular weight excluding hydrogens is 383 g/mol. The fourth-order valence-electron chi connectivity index (χ4n) is 3.19. The molecule has 4 atom stereocenters. The van der Waals surface area contributed by atoms with Gasteiger partial charge < -0.3 is 19.7 Å². The van der Waals surface area contributed by atoms with Gasteiger partial charge in [-0.3, -0.25) is 4.79 Å². The van der Waals surface area contributed by atoms with Crippen molar-refractivity contribution in [3.8, 4) is 11.5 Å². The highest BCUT2D eigenvalue weighted by molar-refractivity contribution is 6.33. The lowest BCUT2D eigenvalue weighted by molar-refractivity contribution is -0.122. The monoisotopic (exact) mass is 400 g/mol. The van der Waals surface area contributed by atoms with E-state index in [0.717, 1.165) is 6.07 Å². The molecule has 3 rings (SSSR count). The fourth-order valence-corrected chi connectivity index (χ4v) is 3.65. The number of alkyl halides is 1. The van der Waals surface area contributed by atoms with Crippen molar-refractivity contribution in [1.82, 2.24) is 0 Å². The number of ketones is 1. The lowest BCUT2D eigenvalue weighted by atomic mass is 9.96. The van der Waals surface area contributed by atoms with Gasteiger partial charge in [-0.15, -0.1) is 11.6 Å². The van der Waals surface area contributed by atoms with E-state index in [4.69, 9.17) is 32.7 Å². The second-order valence-electron chi connectivity index (χ2n) is 6.50. The first-order valence-corrected chi connectivity index (χ1v) is 9.01. The Morgan fingerprint density at radius 2 is 1.92 bits per heavy atom. The van der Waals surface area contributed by atoms with E-state index < -0.39 is 41.2 Å². The Bertz CT molecular complexity index is 775. The van der Waals surface area contributed by atoms with E-state index in [1.807, 2.05) is 0 Å². The Morgan fingerprint density at radius 3 is 2.65 bits per heavy atom. The van der Waals surface area contributed by atoms with E-state index in [1.165, 1.54) is 0 Å². The quantitative estimate of drug-likeness (QED) is 0.394. The topological polar surface area (TPSA) is 93.1 Å². The molecule has 2 aliphatic heterocycles. The summed E-state index contributed by atoms with van der Waals surface area (Å²) in [4.78, 5) is 25.0. The maximum Gasteiger partial charge on any atom is 0.342 e. The second-order valence-corrected chi connectivity index (χ2v) is 7.38. The van der Waals surface area contributed by atoms with Crippen molar-refractivity contribution in [2.75, 3.05) is 0 Å². The molecule has 6 nitrogen and oxygen atoms in total. The number of Topliss-reactive ketones (excluding diaryl/α,β-unsaturated/α-hetero) is 1. The molecule has 0 aromatic heterocycles. The maximum atomic E-state index is 12.6. The van der Waals surface area contributed by atoms with Crippen molar-refractivity contribution in [2.24, 2.45) is 0 Å². The van der Waals surface area contributed by atoms with Crippen molar-refractivity contribution in [2.45, 2.75) is 49.9 Å². The molecule has 140 valence electrons. The number of carbonyl (C=O) groups is 2. The third-order valence-corrected chi connectivity index (χ3v) is 5.26. The van der Waals surface area contributed by atoms with E-state index in [0.29, 0.717) is 6.42 Å². The molecule has 1 aromatic rings. The first kappa shape index (κ1) is 19.0. The number of fused-ring (bicyclic) bond motifs is 3. The predicted molar refractivity (Wildman–Crippen MR) is 95.0 cm³/mol. The lowest BCUT2D eigenvalue weighted by Gasteiger charge is -2.31. The minimum absolute atomic E-state index is 0.0403. The molecule has 1 aromatic carbocycles. The molecule has 0 saturated heterocycles. The molecule has 4 unspecified atom stereocenters. The molecule has 2 N–H and O–H groups in total. The van der Waals surface area contributed by atoms with E-state index >= 15 is 0 Å². The summed E-state index contributed by atoms with van der Waals surface area (Å²) in [6.07, 6.45) is 2.25. The summed E-state index contributed by atoms with van der Waals surface area (Å²) in [5.74, 6) is -1.99. The van der Waals surface area contributed by atoms with Crippen LogP contribution in [0.5, 0.6) is 11.5 Å². The van der Waals surface area contributed by atoms with Crippen LogP contribution in [0, 0.1) is 0 Å². The molecular formula is C18H18Cl2O6. The Balaban J connectivity index is 2.03. The number of phenolic OH excluding ortho intramolecular Hbond substituents is 2. The third kappa shape index (κ3) is 3.82. The highest BCUT2D eigenvalue weighted by atomic mass is 35.5. The first-order valence-electron chi connectivity index (χ1n) is 8.20. The number of rotatable bonds is 0. The maximum absolute atomic E-state index is 12.6. The largest absolute Gasteiger partial charge is 0.507 e. The highest BCUT2D eigenvalue weighted by Crippen LogP contribution is 2.38. The van der Waals surface area contributed by atoms with Gasteiger partial charge in [0.15, 0.2) is 0 Å². The molecule has 2 bridgehead atoms. The van der Waals surface area contributed by atoms with E-state index in [2.05, 4.69) is 0 Å². The van der Waals surface area contributed by atoms with Gasteiger partial charge in [0.2, 0.25) is 0 Å². The van der Waals surface area contributed by atoms with Gasteiger partial charge in [0.05, 0.1) is 22.6 Å². The second kappa shape index (κ2) is 7.47. The summed E-state index contributed by atoms with van der Waals surface area (Å²) in [5, 5.41) is 19.4. The fraction of sp³-hybridized carbons (Fsp3) is 0.444. The van der Waals surface area contributed by atoms with Crippen LogP contribution >= 0.6 is 23.2 Å². The molecule has 26 heavy (non-hydrogen) atoms. The average molecular weight is 401 g/mol. The van der Waals surface area contributed by atoms with Crippen molar-refractivity contribution in [3.05, 3.63) is 34.4 Å². The van der Waals surface area contributed by atoms with Crippen molar-refractivity contribution < 1.29 is 29.3 Å². The van der Waals surface area contributed by atoms with Crippen LogP contribution in [0.15, 0.2) is 18.2 Å². The first-order chi connectivity index (χ1) is 12.3. The summed E-state index contributed by atoms with van der Waals surface area (Å²) in [6.45, 7) is 1.69. The SMILES string of the molecule is CC1CC2OC(C=CC2Cl)CC(=O)Cc2c(Cl)c(O)cc(O)c2C(=O)O1. The molecule has 0 amide bonds. The minimum Gasteiger partial charge on any atom is -0.507 e. The van der Waals surface area contributed by atoms with Crippen LogP contribution in [-0.4, -0.2) is 45.7 Å². The molecule has 0 aliphatic carbocycles. The van der Waals surface area contributed by atoms with Gasteiger partial charge in [0.1, 0.15) is 28.9 Å². The zero-order valence-corrected chi connectivity index (χ0v) is 15.5. The van der Waals surface area contributed by atoms with Crippen LogP contribution in [0.3, 0.4) is 0 Å². The van der Waals surface area contributed by atoms with Crippen LogP contribution in [0.2, 0.25) is 5.02 Å². The number of carbonyl (C=O) groups excluding carboxylic acids is 2. The molecule has 2 heterocycles. The Morgan fingerprint density at radius 1 is 1.19 bits per heavy atom. The average Bonchev–Trinajstić information content (AvgIpc) is 2.54.